The largest absolute Gasteiger partial charge is 0.468 e. The predicted octanol–water partition coefficient (Wildman–Crippen LogP) is 1.29. The van der Waals surface area contributed by atoms with Gasteiger partial charge in [0, 0.05) is 11.8 Å². The molecule has 0 fully saturated rings. The molecule has 0 bridgehead atoms. The topological polar surface area (TPSA) is 90.3 Å². The second-order valence-electron chi connectivity index (χ2n) is 5.04. The fraction of sp³-hybridized carbons (Fsp3) is 0.250. The van der Waals surface area contributed by atoms with Crippen molar-refractivity contribution in [2.75, 3.05) is 12.4 Å². The molecular formula is C16H17N3O4. The summed E-state index contributed by atoms with van der Waals surface area (Å²) in [4.78, 5) is 35.1. The van der Waals surface area contributed by atoms with Gasteiger partial charge in [0.2, 0.25) is 0 Å². The Hall–Kier alpha value is -2.96. The minimum atomic E-state index is -0.619. The number of benzene rings is 1. The number of carbonyl (C=O) groups excluding carboxylic acids is 2. The Morgan fingerprint density at radius 3 is 2.57 bits per heavy atom. The van der Waals surface area contributed by atoms with Crippen LogP contribution in [0.15, 0.2) is 35.1 Å². The lowest BCUT2D eigenvalue weighted by Gasteiger charge is -2.08. The lowest BCUT2D eigenvalue weighted by atomic mass is 10.1. The quantitative estimate of drug-likeness (QED) is 0.859. The Kier molecular flexibility index (Phi) is 4.90. The van der Waals surface area contributed by atoms with Crippen molar-refractivity contribution in [3.05, 3.63) is 57.5 Å². The van der Waals surface area contributed by atoms with Gasteiger partial charge in [0.05, 0.1) is 7.11 Å². The normalized spacial score (nSPS) is 10.2. The van der Waals surface area contributed by atoms with Crippen molar-refractivity contribution in [2.24, 2.45) is 0 Å². The lowest BCUT2D eigenvalue weighted by Crippen LogP contribution is -2.29. The number of methoxy groups -OCH3 is 1. The number of anilines is 1. The van der Waals surface area contributed by atoms with Gasteiger partial charge in [0.1, 0.15) is 12.2 Å². The molecule has 1 aromatic carbocycles. The molecule has 1 N–H and O–H groups in total. The Bertz CT molecular complexity index is 811. The Labute approximate surface area is 132 Å². The molecule has 0 saturated heterocycles. The van der Waals surface area contributed by atoms with E-state index in [-0.39, 0.29) is 12.2 Å². The summed E-state index contributed by atoms with van der Waals surface area (Å²) >= 11 is 0. The lowest BCUT2D eigenvalue weighted by molar-refractivity contribution is -0.141. The summed E-state index contributed by atoms with van der Waals surface area (Å²) < 4.78 is 5.38. The average molecular weight is 315 g/mol. The Balaban J connectivity index is 2.22. The molecule has 0 unspecified atom stereocenters. The monoisotopic (exact) mass is 315 g/mol. The van der Waals surface area contributed by atoms with Crippen LogP contribution in [-0.2, 0) is 16.1 Å². The number of nitrogens with one attached hydrogen (secondary N) is 1. The number of aryl methyl sites for hydroxylation is 2. The van der Waals surface area contributed by atoms with Crippen molar-refractivity contribution in [3.8, 4) is 0 Å². The molecule has 1 aromatic heterocycles. The van der Waals surface area contributed by atoms with Gasteiger partial charge in [0.15, 0.2) is 0 Å². The molecule has 23 heavy (non-hydrogen) atoms. The molecule has 120 valence electrons. The van der Waals surface area contributed by atoms with Gasteiger partial charge in [-0.05, 0) is 43.2 Å². The molecule has 0 aliphatic rings. The number of nitrogens with zero attached hydrogens (tertiary/aromatic N) is 2. The third kappa shape index (κ3) is 4.03. The van der Waals surface area contributed by atoms with E-state index in [1.165, 1.54) is 19.2 Å². The smallest absolute Gasteiger partial charge is 0.327 e. The first kappa shape index (κ1) is 16.4. The maximum absolute atomic E-state index is 12.2. The maximum Gasteiger partial charge on any atom is 0.327 e. The van der Waals surface area contributed by atoms with E-state index in [1.54, 1.807) is 6.07 Å². The molecule has 1 heterocycles. The van der Waals surface area contributed by atoms with Gasteiger partial charge in [-0.1, -0.05) is 6.07 Å². The predicted molar refractivity (Wildman–Crippen MR) is 84.4 cm³/mol. The number of hydrogen-bond acceptors (Lipinski definition) is 5. The second kappa shape index (κ2) is 6.87. The van der Waals surface area contributed by atoms with Crippen LogP contribution in [0.4, 0.5) is 5.69 Å². The summed E-state index contributed by atoms with van der Waals surface area (Å²) in [7, 11) is 1.21. The number of hydrogen-bond donors (Lipinski definition) is 1. The summed E-state index contributed by atoms with van der Waals surface area (Å²) in [5.74, 6) is -1.09. The van der Waals surface area contributed by atoms with Crippen LogP contribution >= 0.6 is 0 Å². The molecular weight excluding hydrogens is 298 g/mol. The minimum Gasteiger partial charge on any atom is -0.468 e. The van der Waals surface area contributed by atoms with E-state index in [2.05, 4.69) is 15.2 Å². The Morgan fingerprint density at radius 2 is 1.91 bits per heavy atom. The second-order valence-corrected chi connectivity index (χ2v) is 5.04. The zero-order valence-electron chi connectivity index (χ0n) is 13.1. The first-order valence-electron chi connectivity index (χ1n) is 6.94. The fourth-order valence-electron chi connectivity index (χ4n) is 1.88. The minimum absolute atomic E-state index is 0.0340. The molecule has 0 spiro atoms. The van der Waals surface area contributed by atoms with Gasteiger partial charge in [-0.25, -0.2) is 4.68 Å². The van der Waals surface area contributed by atoms with E-state index in [1.807, 2.05) is 26.0 Å². The molecule has 2 aromatic rings. The van der Waals surface area contributed by atoms with E-state index >= 15 is 0 Å². The highest BCUT2D eigenvalue weighted by atomic mass is 16.5. The highest BCUT2D eigenvalue weighted by Gasteiger charge is 2.12. The summed E-state index contributed by atoms with van der Waals surface area (Å²) in [6.07, 6.45) is 0. The van der Waals surface area contributed by atoms with E-state index in [0.717, 1.165) is 15.8 Å². The van der Waals surface area contributed by atoms with Crippen molar-refractivity contribution >= 4 is 17.6 Å². The van der Waals surface area contributed by atoms with E-state index in [0.29, 0.717) is 5.69 Å². The number of amides is 1. The van der Waals surface area contributed by atoms with Gasteiger partial charge in [-0.2, -0.15) is 5.10 Å². The van der Waals surface area contributed by atoms with Crippen molar-refractivity contribution in [1.29, 1.82) is 0 Å². The number of ether oxygens (including phenoxy) is 1. The molecule has 0 saturated carbocycles. The summed E-state index contributed by atoms with van der Waals surface area (Å²) in [6.45, 7) is 3.57. The van der Waals surface area contributed by atoms with Crippen LogP contribution in [0.3, 0.4) is 0 Å². The summed E-state index contributed by atoms with van der Waals surface area (Å²) in [5, 5.41) is 6.59. The standard InChI is InChI=1S/C16H17N3O4/c1-10-4-5-12(8-11(10)2)17-16(22)13-6-7-14(20)19(18-13)9-15(21)23-3/h4-8H,9H2,1-3H3,(H,17,22). The van der Waals surface area contributed by atoms with Crippen LogP contribution in [0.2, 0.25) is 0 Å². The highest BCUT2D eigenvalue weighted by Crippen LogP contribution is 2.14. The maximum atomic E-state index is 12.2. The van der Waals surface area contributed by atoms with Crippen LogP contribution in [0.1, 0.15) is 21.6 Å². The van der Waals surface area contributed by atoms with Gasteiger partial charge in [0.25, 0.3) is 11.5 Å². The molecule has 0 aliphatic heterocycles. The number of aromatic nitrogens is 2. The fourth-order valence-corrected chi connectivity index (χ4v) is 1.88. The molecule has 1 amide bonds. The van der Waals surface area contributed by atoms with Crippen LogP contribution in [0.5, 0.6) is 0 Å². The molecule has 7 heteroatoms. The van der Waals surface area contributed by atoms with E-state index in [9.17, 15) is 14.4 Å². The Morgan fingerprint density at radius 1 is 1.17 bits per heavy atom. The zero-order chi connectivity index (χ0) is 17.0. The number of carbonyl (C=O) groups is 2. The van der Waals surface area contributed by atoms with Crippen molar-refractivity contribution in [1.82, 2.24) is 9.78 Å². The summed E-state index contributed by atoms with van der Waals surface area (Å²) in [6, 6.07) is 8.02. The first-order valence-corrected chi connectivity index (χ1v) is 6.94. The van der Waals surface area contributed by atoms with E-state index < -0.39 is 17.4 Å². The highest BCUT2D eigenvalue weighted by molar-refractivity contribution is 6.02. The molecule has 0 atom stereocenters. The zero-order valence-corrected chi connectivity index (χ0v) is 13.1. The molecule has 0 aliphatic carbocycles. The third-order valence-corrected chi connectivity index (χ3v) is 3.37. The summed E-state index contributed by atoms with van der Waals surface area (Å²) in [5.41, 5.74) is 2.34. The van der Waals surface area contributed by atoms with Crippen molar-refractivity contribution in [3.63, 3.8) is 0 Å². The van der Waals surface area contributed by atoms with Crippen LogP contribution in [0, 0.1) is 13.8 Å². The third-order valence-electron chi connectivity index (χ3n) is 3.37. The number of esters is 1. The van der Waals surface area contributed by atoms with Crippen LogP contribution in [0.25, 0.3) is 0 Å². The van der Waals surface area contributed by atoms with Crippen LogP contribution in [-0.4, -0.2) is 28.8 Å². The van der Waals surface area contributed by atoms with E-state index in [4.69, 9.17) is 0 Å². The van der Waals surface area contributed by atoms with Gasteiger partial charge >= 0.3 is 5.97 Å². The van der Waals surface area contributed by atoms with Crippen molar-refractivity contribution < 1.29 is 14.3 Å². The van der Waals surface area contributed by atoms with Crippen molar-refractivity contribution in [2.45, 2.75) is 20.4 Å². The van der Waals surface area contributed by atoms with Crippen LogP contribution < -0.4 is 10.9 Å². The average Bonchev–Trinajstić information content (AvgIpc) is 2.52. The SMILES string of the molecule is COC(=O)Cn1nc(C(=O)Nc2ccc(C)c(C)c2)ccc1=O. The van der Waals surface area contributed by atoms with Gasteiger partial charge < -0.3 is 10.1 Å². The molecule has 7 nitrogen and oxygen atoms in total. The van der Waals surface area contributed by atoms with Gasteiger partial charge in [-0.15, -0.1) is 0 Å². The first-order chi connectivity index (χ1) is 10.9. The van der Waals surface area contributed by atoms with Gasteiger partial charge in [-0.3, -0.25) is 14.4 Å². The number of rotatable bonds is 4. The molecule has 2 rings (SSSR count). The molecule has 0 radical (unpaired) electrons.